The van der Waals surface area contributed by atoms with Gasteiger partial charge in [0.25, 0.3) is 0 Å². The first kappa shape index (κ1) is 15.7. The van der Waals surface area contributed by atoms with E-state index in [2.05, 4.69) is 18.8 Å². The molecule has 0 aliphatic heterocycles. The molecule has 0 aromatic heterocycles. The van der Waals surface area contributed by atoms with Crippen LogP contribution >= 0.6 is 0 Å². The summed E-state index contributed by atoms with van der Waals surface area (Å²) in [6.45, 7) is 6.96. The van der Waals surface area contributed by atoms with Gasteiger partial charge in [0.15, 0.2) is 0 Å². The van der Waals surface area contributed by atoms with Crippen LogP contribution < -0.4 is 5.32 Å². The zero-order valence-electron chi connectivity index (χ0n) is 11.7. The molecule has 1 fully saturated rings. The monoisotopic (exact) mass is 273 g/mol. The molecule has 4 heteroatoms. The Kier molecular flexibility index (Phi) is 6.36. The van der Waals surface area contributed by atoms with Gasteiger partial charge in [0.1, 0.15) is 9.84 Å². The summed E-state index contributed by atoms with van der Waals surface area (Å²) in [5.74, 6) is 0.475. The van der Waals surface area contributed by atoms with Gasteiger partial charge >= 0.3 is 0 Å². The number of hydrogen-bond donors (Lipinski definition) is 1. The summed E-state index contributed by atoms with van der Waals surface area (Å²) in [5, 5.41) is 3.41. The molecule has 106 valence electrons. The average molecular weight is 273 g/mol. The highest BCUT2D eigenvalue weighted by molar-refractivity contribution is 7.91. The second kappa shape index (κ2) is 7.29. The smallest absolute Gasteiger partial charge is 0.150 e. The Hall–Kier alpha value is -0.350. The molecule has 1 N–H and O–H groups in total. The minimum atomic E-state index is -2.88. The molecule has 0 aromatic rings. The molecule has 1 aliphatic carbocycles. The number of sulfone groups is 1. The van der Waals surface area contributed by atoms with Crippen molar-refractivity contribution in [3.8, 4) is 0 Å². The Labute approximate surface area is 112 Å². The molecule has 0 radical (unpaired) electrons. The van der Waals surface area contributed by atoms with Crippen LogP contribution in [0.2, 0.25) is 0 Å². The lowest BCUT2D eigenvalue weighted by Gasteiger charge is -2.34. The van der Waals surface area contributed by atoms with Gasteiger partial charge < -0.3 is 5.32 Å². The first-order valence-electron chi connectivity index (χ1n) is 7.02. The Morgan fingerprint density at radius 2 is 2.17 bits per heavy atom. The summed E-state index contributed by atoms with van der Waals surface area (Å²) in [6.07, 6.45) is 9.18. The largest absolute Gasteiger partial charge is 0.313 e. The SMILES string of the molecule is C=CCC(NCCC)C1CCCC(S(C)(=O)=O)C1. The fourth-order valence-corrected chi connectivity index (χ4v) is 4.08. The molecular formula is C14H27NO2S. The second-order valence-corrected chi connectivity index (χ2v) is 7.79. The van der Waals surface area contributed by atoms with Gasteiger partial charge in [-0.05, 0) is 44.6 Å². The first-order chi connectivity index (χ1) is 8.49. The van der Waals surface area contributed by atoms with Crippen LogP contribution in [0.25, 0.3) is 0 Å². The quantitative estimate of drug-likeness (QED) is 0.725. The molecule has 0 aromatic carbocycles. The predicted molar refractivity (Wildman–Crippen MR) is 77.5 cm³/mol. The number of nitrogens with one attached hydrogen (secondary N) is 1. The highest BCUT2D eigenvalue weighted by atomic mass is 32.2. The van der Waals surface area contributed by atoms with Gasteiger partial charge in [-0.1, -0.05) is 19.4 Å². The van der Waals surface area contributed by atoms with Crippen LogP contribution in [0.4, 0.5) is 0 Å². The van der Waals surface area contributed by atoms with Crippen molar-refractivity contribution in [3.05, 3.63) is 12.7 Å². The Balaban J connectivity index is 2.64. The number of rotatable bonds is 7. The second-order valence-electron chi connectivity index (χ2n) is 5.46. The third-order valence-corrected chi connectivity index (χ3v) is 5.56. The van der Waals surface area contributed by atoms with Crippen LogP contribution in [0.5, 0.6) is 0 Å². The highest BCUT2D eigenvalue weighted by Crippen LogP contribution is 2.31. The van der Waals surface area contributed by atoms with E-state index in [4.69, 9.17) is 0 Å². The van der Waals surface area contributed by atoms with Crippen molar-refractivity contribution < 1.29 is 8.42 Å². The minimum Gasteiger partial charge on any atom is -0.313 e. The number of hydrogen-bond acceptors (Lipinski definition) is 3. The molecule has 0 amide bonds. The van der Waals surface area contributed by atoms with Crippen molar-refractivity contribution in [1.29, 1.82) is 0 Å². The van der Waals surface area contributed by atoms with Crippen LogP contribution in [0.3, 0.4) is 0 Å². The van der Waals surface area contributed by atoms with E-state index in [1.165, 1.54) is 6.26 Å². The Bertz CT molecular complexity index is 351. The van der Waals surface area contributed by atoms with Gasteiger partial charge in [-0.15, -0.1) is 6.58 Å². The van der Waals surface area contributed by atoms with Crippen molar-refractivity contribution in [3.63, 3.8) is 0 Å². The van der Waals surface area contributed by atoms with E-state index in [0.717, 1.165) is 45.1 Å². The summed E-state index contributed by atoms with van der Waals surface area (Å²) in [6, 6.07) is 0.395. The fraction of sp³-hybridized carbons (Fsp3) is 0.857. The molecule has 1 rings (SSSR count). The van der Waals surface area contributed by atoms with Crippen molar-refractivity contribution in [2.75, 3.05) is 12.8 Å². The van der Waals surface area contributed by atoms with Crippen molar-refractivity contribution in [1.82, 2.24) is 5.32 Å². The molecule has 1 aliphatic rings. The fourth-order valence-electron chi connectivity index (χ4n) is 2.89. The van der Waals surface area contributed by atoms with Crippen molar-refractivity contribution in [2.24, 2.45) is 5.92 Å². The molecule has 1 saturated carbocycles. The van der Waals surface area contributed by atoms with Gasteiger partial charge in [0.05, 0.1) is 5.25 Å². The molecular weight excluding hydrogens is 246 g/mol. The Morgan fingerprint density at radius 3 is 2.72 bits per heavy atom. The maximum atomic E-state index is 11.7. The van der Waals surface area contributed by atoms with Crippen LogP contribution in [0.1, 0.15) is 45.4 Å². The zero-order chi connectivity index (χ0) is 13.6. The molecule has 3 unspecified atom stereocenters. The molecule has 0 spiro atoms. The van der Waals surface area contributed by atoms with Gasteiger partial charge in [0.2, 0.25) is 0 Å². The average Bonchev–Trinajstić information content (AvgIpc) is 2.33. The normalized spacial score (nSPS) is 26.8. The van der Waals surface area contributed by atoms with Crippen molar-refractivity contribution in [2.45, 2.75) is 56.7 Å². The summed E-state index contributed by atoms with van der Waals surface area (Å²) < 4.78 is 23.4. The predicted octanol–water partition coefficient (Wildman–Crippen LogP) is 2.53. The van der Waals surface area contributed by atoms with E-state index in [1.807, 2.05) is 6.08 Å². The lowest BCUT2D eigenvalue weighted by atomic mass is 9.82. The molecule has 0 heterocycles. The van der Waals surface area contributed by atoms with E-state index in [1.54, 1.807) is 0 Å². The first-order valence-corrected chi connectivity index (χ1v) is 8.97. The molecule has 0 saturated heterocycles. The van der Waals surface area contributed by atoms with E-state index in [9.17, 15) is 8.42 Å². The van der Waals surface area contributed by atoms with Crippen LogP contribution in [0, 0.1) is 5.92 Å². The zero-order valence-corrected chi connectivity index (χ0v) is 12.5. The summed E-state index contributed by atoms with van der Waals surface area (Å²) >= 11 is 0. The van der Waals surface area contributed by atoms with Gasteiger partial charge in [-0.2, -0.15) is 0 Å². The Morgan fingerprint density at radius 1 is 1.44 bits per heavy atom. The van der Waals surface area contributed by atoms with E-state index >= 15 is 0 Å². The van der Waals surface area contributed by atoms with Crippen LogP contribution in [-0.4, -0.2) is 32.5 Å². The molecule has 18 heavy (non-hydrogen) atoms. The van der Waals surface area contributed by atoms with E-state index in [-0.39, 0.29) is 5.25 Å². The maximum Gasteiger partial charge on any atom is 0.150 e. The van der Waals surface area contributed by atoms with Gasteiger partial charge in [-0.25, -0.2) is 8.42 Å². The van der Waals surface area contributed by atoms with Crippen molar-refractivity contribution >= 4 is 9.84 Å². The summed E-state index contributed by atoms with van der Waals surface area (Å²) in [5.41, 5.74) is 0. The lowest BCUT2D eigenvalue weighted by Crippen LogP contribution is -2.41. The standard InChI is InChI=1S/C14H27NO2S/c1-4-7-14(15-10-5-2)12-8-6-9-13(11-12)18(3,16)17/h4,12-15H,1,5-11H2,2-3H3. The molecule has 0 bridgehead atoms. The third-order valence-electron chi connectivity index (χ3n) is 3.92. The van der Waals surface area contributed by atoms with Crippen LogP contribution in [-0.2, 0) is 9.84 Å². The maximum absolute atomic E-state index is 11.7. The topological polar surface area (TPSA) is 46.2 Å². The van der Waals surface area contributed by atoms with Crippen LogP contribution in [0.15, 0.2) is 12.7 Å². The minimum absolute atomic E-state index is 0.132. The van der Waals surface area contributed by atoms with E-state index in [0.29, 0.717) is 12.0 Å². The summed E-state index contributed by atoms with van der Waals surface area (Å²) in [7, 11) is -2.88. The van der Waals surface area contributed by atoms with Gasteiger partial charge in [0, 0.05) is 12.3 Å². The summed E-state index contributed by atoms with van der Waals surface area (Å²) in [4.78, 5) is 0. The molecule has 3 nitrogen and oxygen atoms in total. The highest BCUT2D eigenvalue weighted by Gasteiger charge is 2.32. The molecule has 3 atom stereocenters. The van der Waals surface area contributed by atoms with Gasteiger partial charge in [-0.3, -0.25) is 0 Å². The van der Waals surface area contributed by atoms with E-state index < -0.39 is 9.84 Å². The lowest BCUT2D eigenvalue weighted by molar-refractivity contribution is 0.270. The third kappa shape index (κ3) is 4.73.